The summed E-state index contributed by atoms with van der Waals surface area (Å²) in [5, 5.41) is 6.16. The lowest BCUT2D eigenvalue weighted by molar-refractivity contribution is -0.133. The highest BCUT2D eigenvalue weighted by atomic mass is 32.2. The molecule has 1 aliphatic rings. The van der Waals surface area contributed by atoms with Crippen molar-refractivity contribution in [2.75, 3.05) is 25.2 Å². The molecular formula is C22H27N3O5S. The van der Waals surface area contributed by atoms with Crippen LogP contribution >= 0.6 is 0 Å². The van der Waals surface area contributed by atoms with Gasteiger partial charge in [-0.25, -0.2) is 13.4 Å². The molecule has 1 amide bonds. The molecule has 3 rings (SSSR count). The molecule has 0 saturated carbocycles. The number of rotatable bonds is 8. The SMILES string of the molecule is CCCC(=O)N1N=C(c2ccc(NS(C)(=O)=O)cc2)C[C@H]1c1cc(OC)ccc1OC. The zero-order valence-electron chi connectivity index (χ0n) is 18.1. The van der Waals surface area contributed by atoms with Gasteiger partial charge in [0.1, 0.15) is 11.5 Å². The topological polar surface area (TPSA) is 97.3 Å². The lowest BCUT2D eigenvalue weighted by Gasteiger charge is -2.24. The van der Waals surface area contributed by atoms with Crippen molar-refractivity contribution in [3.05, 3.63) is 53.6 Å². The molecule has 0 aliphatic carbocycles. The number of hydrogen-bond donors (Lipinski definition) is 1. The van der Waals surface area contributed by atoms with Crippen LogP contribution in [0.25, 0.3) is 0 Å². The van der Waals surface area contributed by atoms with Gasteiger partial charge in [0.05, 0.1) is 32.2 Å². The van der Waals surface area contributed by atoms with Gasteiger partial charge in [-0.3, -0.25) is 9.52 Å². The van der Waals surface area contributed by atoms with Gasteiger partial charge in [-0.15, -0.1) is 0 Å². The Labute approximate surface area is 182 Å². The highest BCUT2D eigenvalue weighted by molar-refractivity contribution is 7.92. The molecule has 8 nitrogen and oxygen atoms in total. The molecule has 0 unspecified atom stereocenters. The average molecular weight is 446 g/mol. The van der Waals surface area contributed by atoms with Crippen molar-refractivity contribution in [3.8, 4) is 11.5 Å². The van der Waals surface area contributed by atoms with Gasteiger partial charge >= 0.3 is 0 Å². The van der Waals surface area contributed by atoms with E-state index in [9.17, 15) is 13.2 Å². The lowest BCUT2D eigenvalue weighted by Crippen LogP contribution is -2.27. The monoisotopic (exact) mass is 445 g/mol. The minimum absolute atomic E-state index is 0.0669. The van der Waals surface area contributed by atoms with E-state index in [0.717, 1.165) is 23.1 Å². The number of nitrogens with zero attached hydrogens (tertiary/aromatic N) is 2. The second-order valence-corrected chi connectivity index (χ2v) is 9.06. The molecular weight excluding hydrogens is 418 g/mol. The van der Waals surface area contributed by atoms with Crippen LogP contribution in [0.1, 0.15) is 43.4 Å². The third kappa shape index (κ3) is 5.35. The molecule has 0 radical (unpaired) electrons. The average Bonchev–Trinajstić information content (AvgIpc) is 3.18. The highest BCUT2D eigenvalue weighted by Gasteiger charge is 2.34. The van der Waals surface area contributed by atoms with E-state index < -0.39 is 10.0 Å². The quantitative estimate of drug-likeness (QED) is 0.670. The fraction of sp³-hybridized carbons (Fsp3) is 0.364. The number of methoxy groups -OCH3 is 2. The van der Waals surface area contributed by atoms with Gasteiger partial charge < -0.3 is 9.47 Å². The number of hydrogen-bond acceptors (Lipinski definition) is 6. The van der Waals surface area contributed by atoms with Gasteiger partial charge in [0.15, 0.2) is 0 Å². The Morgan fingerprint density at radius 3 is 2.45 bits per heavy atom. The zero-order valence-corrected chi connectivity index (χ0v) is 18.9. The summed E-state index contributed by atoms with van der Waals surface area (Å²) in [7, 11) is -0.171. The summed E-state index contributed by atoms with van der Waals surface area (Å²) >= 11 is 0. The molecule has 9 heteroatoms. The van der Waals surface area contributed by atoms with Crippen molar-refractivity contribution in [1.82, 2.24) is 5.01 Å². The van der Waals surface area contributed by atoms with Crippen LogP contribution < -0.4 is 14.2 Å². The maximum Gasteiger partial charge on any atom is 0.243 e. The van der Waals surface area contributed by atoms with Crippen molar-refractivity contribution in [2.45, 2.75) is 32.2 Å². The van der Waals surface area contributed by atoms with Crippen LogP contribution in [0.3, 0.4) is 0 Å². The highest BCUT2D eigenvalue weighted by Crippen LogP contribution is 2.39. The number of carbonyl (C=O) groups excluding carboxylic acids is 1. The molecule has 1 atom stereocenters. The standard InChI is InChI=1S/C22H27N3O5S/c1-5-6-22(26)25-20(18-13-17(29-2)11-12-21(18)30-3)14-19(23-25)15-7-9-16(10-8-15)24-31(4,27)28/h7-13,20,24H,5-6,14H2,1-4H3/t20-/m0/s1. The van der Waals surface area contributed by atoms with Crippen LogP contribution in [0.15, 0.2) is 47.6 Å². The Balaban J connectivity index is 1.96. The second kappa shape index (κ2) is 9.38. The Morgan fingerprint density at radius 2 is 1.87 bits per heavy atom. The molecule has 0 aromatic heterocycles. The van der Waals surface area contributed by atoms with Gasteiger partial charge in [0.25, 0.3) is 0 Å². The molecule has 2 aromatic carbocycles. The summed E-state index contributed by atoms with van der Waals surface area (Å²) in [6, 6.07) is 12.1. The summed E-state index contributed by atoms with van der Waals surface area (Å²) in [6.07, 6.45) is 2.70. The van der Waals surface area contributed by atoms with E-state index in [1.807, 2.05) is 25.1 Å². The Hall–Kier alpha value is -3.07. The maximum atomic E-state index is 12.8. The molecule has 1 heterocycles. The van der Waals surface area contributed by atoms with Crippen LogP contribution in [0.5, 0.6) is 11.5 Å². The third-order valence-electron chi connectivity index (χ3n) is 4.95. The first-order valence-corrected chi connectivity index (χ1v) is 11.8. The number of anilines is 1. The first-order valence-electron chi connectivity index (χ1n) is 9.95. The first-order chi connectivity index (χ1) is 14.8. The molecule has 0 fully saturated rings. The van der Waals surface area contributed by atoms with Crippen LogP contribution in [-0.2, 0) is 14.8 Å². The molecule has 2 aromatic rings. The molecule has 31 heavy (non-hydrogen) atoms. The molecule has 1 aliphatic heterocycles. The van der Waals surface area contributed by atoms with Crippen molar-refractivity contribution >= 4 is 27.3 Å². The lowest BCUT2D eigenvalue weighted by atomic mass is 9.97. The number of sulfonamides is 1. The number of nitrogens with one attached hydrogen (secondary N) is 1. The minimum atomic E-state index is -3.35. The van der Waals surface area contributed by atoms with E-state index in [-0.39, 0.29) is 11.9 Å². The molecule has 166 valence electrons. The Bertz CT molecular complexity index is 1080. The van der Waals surface area contributed by atoms with Crippen molar-refractivity contribution in [2.24, 2.45) is 5.10 Å². The zero-order chi connectivity index (χ0) is 22.6. The third-order valence-corrected chi connectivity index (χ3v) is 5.55. The van der Waals surface area contributed by atoms with Crippen LogP contribution in [0.4, 0.5) is 5.69 Å². The number of amides is 1. The van der Waals surface area contributed by atoms with Crippen LogP contribution in [0.2, 0.25) is 0 Å². The van der Waals surface area contributed by atoms with Gasteiger partial charge in [0.2, 0.25) is 15.9 Å². The van der Waals surface area contributed by atoms with E-state index in [1.54, 1.807) is 38.5 Å². The van der Waals surface area contributed by atoms with Crippen LogP contribution in [0, 0.1) is 0 Å². The molecule has 0 spiro atoms. The van der Waals surface area contributed by atoms with Crippen molar-refractivity contribution < 1.29 is 22.7 Å². The van der Waals surface area contributed by atoms with E-state index in [0.29, 0.717) is 36.4 Å². The molecule has 0 saturated heterocycles. The summed E-state index contributed by atoms with van der Waals surface area (Å²) in [5.74, 6) is 1.26. The van der Waals surface area contributed by atoms with E-state index in [2.05, 4.69) is 9.82 Å². The van der Waals surface area contributed by atoms with Crippen molar-refractivity contribution in [1.29, 1.82) is 0 Å². The normalized spacial score (nSPS) is 16.1. The summed E-state index contributed by atoms with van der Waals surface area (Å²) < 4.78 is 36.2. The Morgan fingerprint density at radius 1 is 1.16 bits per heavy atom. The van der Waals surface area contributed by atoms with Gasteiger partial charge in [-0.2, -0.15) is 5.10 Å². The smallest absolute Gasteiger partial charge is 0.243 e. The maximum absolute atomic E-state index is 12.8. The van der Waals surface area contributed by atoms with E-state index in [1.165, 1.54) is 5.01 Å². The second-order valence-electron chi connectivity index (χ2n) is 7.31. The minimum Gasteiger partial charge on any atom is -0.497 e. The largest absolute Gasteiger partial charge is 0.497 e. The predicted octanol–water partition coefficient (Wildman–Crippen LogP) is 3.55. The summed E-state index contributed by atoms with van der Waals surface area (Å²) in [5.41, 5.74) is 2.85. The van der Waals surface area contributed by atoms with Gasteiger partial charge in [-0.05, 0) is 42.3 Å². The fourth-order valence-corrected chi connectivity index (χ4v) is 4.09. The number of hydrazone groups is 1. The van der Waals surface area contributed by atoms with Crippen LogP contribution in [-0.4, -0.2) is 45.5 Å². The molecule has 0 bridgehead atoms. The predicted molar refractivity (Wildman–Crippen MR) is 120 cm³/mol. The fourth-order valence-electron chi connectivity index (χ4n) is 3.53. The molecule has 1 N–H and O–H groups in total. The summed E-state index contributed by atoms with van der Waals surface area (Å²) in [6.45, 7) is 1.95. The Kier molecular flexibility index (Phi) is 6.84. The number of ether oxygens (including phenoxy) is 2. The van der Waals surface area contributed by atoms with Gasteiger partial charge in [-0.1, -0.05) is 19.1 Å². The number of benzene rings is 2. The van der Waals surface area contributed by atoms with E-state index in [4.69, 9.17) is 9.47 Å². The number of carbonyl (C=O) groups is 1. The van der Waals surface area contributed by atoms with Gasteiger partial charge in [0, 0.05) is 24.1 Å². The first kappa shape index (κ1) is 22.6. The van der Waals surface area contributed by atoms with Crippen molar-refractivity contribution in [3.63, 3.8) is 0 Å². The summed E-state index contributed by atoms with van der Waals surface area (Å²) in [4.78, 5) is 12.8. The van der Waals surface area contributed by atoms with E-state index >= 15 is 0 Å².